The molecule has 2 aliphatic rings. The zero-order valence-corrected chi connectivity index (χ0v) is 16.9. The van der Waals surface area contributed by atoms with Gasteiger partial charge >= 0.3 is 6.18 Å². The average molecular weight is 436 g/mol. The number of benzene rings is 3. The summed E-state index contributed by atoms with van der Waals surface area (Å²) in [6, 6.07) is 18.7. The lowest BCUT2D eigenvalue weighted by Crippen LogP contribution is -2.49. The molecule has 1 N–H and O–H groups in total. The molecule has 2 amide bonds. The number of nitrogens with one attached hydrogen (secondary N) is 1. The van der Waals surface area contributed by atoms with Crippen LogP contribution in [0.2, 0.25) is 0 Å². The van der Waals surface area contributed by atoms with Crippen molar-refractivity contribution < 1.29 is 22.8 Å². The molecule has 0 aliphatic carbocycles. The molecule has 2 aliphatic heterocycles. The number of anilines is 1. The maximum atomic E-state index is 13.5. The SMILES string of the molecule is O=C(Nc1cccc(C(F)(F)F)c1)[C@H]1c2ccccc2C(=O)N2CCc3ccccc3[C@H]12. The van der Waals surface area contributed by atoms with Gasteiger partial charge in [0.25, 0.3) is 5.91 Å². The molecule has 0 saturated carbocycles. The van der Waals surface area contributed by atoms with Crippen LogP contribution in [0.15, 0.2) is 72.8 Å². The normalized spacial score (nSPS) is 19.6. The standard InChI is InChI=1S/C25H19F3N2O2/c26-25(27,28)16-7-5-8-17(14-16)29-23(31)21-19-10-3-4-11-20(19)24(32)30-13-12-15-6-1-2-9-18(15)22(21)30/h1-11,14,21-22H,12-13H2,(H,29,31)/t21-,22+/m0/s1. The summed E-state index contributed by atoms with van der Waals surface area (Å²) in [6.45, 7) is 0.474. The lowest BCUT2D eigenvalue weighted by Gasteiger charge is -2.45. The largest absolute Gasteiger partial charge is 0.416 e. The Hall–Kier alpha value is -3.61. The topological polar surface area (TPSA) is 49.4 Å². The first-order chi connectivity index (χ1) is 15.3. The van der Waals surface area contributed by atoms with E-state index in [1.807, 2.05) is 24.3 Å². The first-order valence-electron chi connectivity index (χ1n) is 10.3. The Balaban J connectivity index is 1.59. The molecule has 4 nitrogen and oxygen atoms in total. The number of hydrogen-bond donors (Lipinski definition) is 1. The van der Waals surface area contributed by atoms with Crippen molar-refractivity contribution in [2.75, 3.05) is 11.9 Å². The number of nitrogens with zero attached hydrogens (tertiary/aromatic N) is 1. The molecule has 3 aromatic carbocycles. The lowest BCUT2D eigenvalue weighted by molar-refractivity contribution is -0.137. The predicted octanol–water partition coefficient (Wildman–Crippen LogP) is 5.18. The minimum atomic E-state index is -4.51. The molecule has 7 heteroatoms. The van der Waals surface area contributed by atoms with Gasteiger partial charge in [-0.1, -0.05) is 48.5 Å². The van der Waals surface area contributed by atoms with E-state index in [1.54, 1.807) is 29.2 Å². The fourth-order valence-corrected chi connectivity index (χ4v) is 4.75. The second kappa shape index (κ2) is 7.51. The van der Waals surface area contributed by atoms with Crippen LogP contribution in [0.3, 0.4) is 0 Å². The van der Waals surface area contributed by atoms with Crippen LogP contribution in [-0.2, 0) is 17.4 Å². The van der Waals surface area contributed by atoms with Crippen molar-refractivity contribution in [1.29, 1.82) is 0 Å². The quantitative estimate of drug-likeness (QED) is 0.602. The highest BCUT2D eigenvalue weighted by Crippen LogP contribution is 2.46. The Labute approximate surface area is 182 Å². The van der Waals surface area contributed by atoms with E-state index < -0.39 is 29.6 Å². The van der Waals surface area contributed by atoms with E-state index in [2.05, 4.69) is 5.32 Å². The average Bonchev–Trinajstić information content (AvgIpc) is 2.79. The minimum Gasteiger partial charge on any atom is -0.330 e. The Morgan fingerprint density at radius 1 is 0.938 bits per heavy atom. The molecule has 2 atom stereocenters. The van der Waals surface area contributed by atoms with Gasteiger partial charge in [-0.05, 0) is 47.4 Å². The summed E-state index contributed by atoms with van der Waals surface area (Å²) in [5.74, 6) is -1.33. The summed E-state index contributed by atoms with van der Waals surface area (Å²) in [6.07, 6.45) is -3.83. The highest BCUT2D eigenvalue weighted by atomic mass is 19.4. The van der Waals surface area contributed by atoms with Gasteiger partial charge in [0.05, 0.1) is 17.5 Å². The Bertz CT molecular complexity index is 1220. The number of fused-ring (bicyclic) bond motifs is 4. The number of halogens is 3. The van der Waals surface area contributed by atoms with Gasteiger partial charge in [-0.25, -0.2) is 0 Å². The number of amides is 2. The Morgan fingerprint density at radius 3 is 2.44 bits per heavy atom. The van der Waals surface area contributed by atoms with Crippen LogP contribution < -0.4 is 5.32 Å². The van der Waals surface area contributed by atoms with Crippen molar-refractivity contribution in [2.45, 2.75) is 24.6 Å². The summed E-state index contributed by atoms with van der Waals surface area (Å²) in [4.78, 5) is 28.5. The van der Waals surface area contributed by atoms with Crippen molar-refractivity contribution in [3.8, 4) is 0 Å². The Morgan fingerprint density at radius 2 is 1.66 bits per heavy atom. The molecule has 162 valence electrons. The van der Waals surface area contributed by atoms with Crippen LogP contribution in [0.1, 0.15) is 44.6 Å². The number of carbonyl (C=O) groups is 2. The molecule has 0 bridgehead atoms. The smallest absolute Gasteiger partial charge is 0.330 e. The van der Waals surface area contributed by atoms with E-state index in [1.165, 1.54) is 12.1 Å². The van der Waals surface area contributed by atoms with Gasteiger partial charge in [-0.15, -0.1) is 0 Å². The van der Waals surface area contributed by atoms with Crippen molar-refractivity contribution in [2.24, 2.45) is 0 Å². The molecule has 0 spiro atoms. The van der Waals surface area contributed by atoms with Crippen molar-refractivity contribution in [1.82, 2.24) is 4.90 Å². The number of rotatable bonds is 2. The van der Waals surface area contributed by atoms with Gasteiger partial charge in [-0.2, -0.15) is 13.2 Å². The second-order valence-electron chi connectivity index (χ2n) is 8.02. The monoisotopic (exact) mass is 436 g/mol. The third-order valence-corrected chi connectivity index (χ3v) is 6.17. The fraction of sp³-hybridized carbons (Fsp3) is 0.200. The van der Waals surface area contributed by atoms with Crippen LogP contribution in [-0.4, -0.2) is 23.3 Å². The van der Waals surface area contributed by atoms with Crippen molar-refractivity contribution in [3.05, 3.63) is 101 Å². The number of hydrogen-bond acceptors (Lipinski definition) is 2. The van der Waals surface area contributed by atoms with Crippen molar-refractivity contribution in [3.63, 3.8) is 0 Å². The molecule has 5 rings (SSSR count). The van der Waals surface area contributed by atoms with Gasteiger partial charge in [0, 0.05) is 17.8 Å². The molecule has 0 radical (unpaired) electrons. The van der Waals surface area contributed by atoms with Gasteiger partial charge in [-0.3, -0.25) is 9.59 Å². The van der Waals surface area contributed by atoms with E-state index in [0.29, 0.717) is 24.1 Å². The first-order valence-corrected chi connectivity index (χ1v) is 10.3. The molecule has 0 saturated heterocycles. The third-order valence-electron chi connectivity index (χ3n) is 6.17. The molecule has 2 heterocycles. The highest BCUT2D eigenvalue weighted by molar-refractivity contribution is 6.04. The predicted molar refractivity (Wildman–Crippen MR) is 113 cm³/mol. The van der Waals surface area contributed by atoms with E-state index in [0.717, 1.165) is 23.3 Å². The molecular formula is C25H19F3N2O2. The van der Waals surface area contributed by atoms with Gasteiger partial charge in [0.1, 0.15) is 0 Å². The summed E-state index contributed by atoms with van der Waals surface area (Å²) in [7, 11) is 0. The van der Waals surface area contributed by atoms with Gasteiger partial charge < -0.3 is 10.2 Å². The van der Waals surface area contributed by atoms with Gasteiger partial charge in [0.15, 0.2) is 0 Å². The molecule has 0 unspecified atom stereocenters. The molecular weight excluding hydrogens is 417 g/mol. The molecule has 3 aromatic rings. The summed E-state index contributed by atoms with van der Waals surface area (Å²) in [5, 5.41) is 2.67. The van der Waals surface area contributed by atoms with Crippen LogP contribution in [0.5, 0.6) is 0 Å². The van der Waals surface area contributed by atoms with E-state index in [9.17, 15) is 22.8 Å². The van der Waals surface area contributed by atoms with Crippen LogP contribution in [0.4, 0.5) is 18.9 Å². The fourth-order valence-electron chi connectivity index (χ4n) is 4.75. The lowest BCUT2D eigenvalue weighted by atomic mass is 9.76. The molecule has 0 fully saturated rings. The summed E-state index contributed by atoms with van der Waals surface area (Å²) in [5.41, 5.74) is 2.23. The molecule has 32 heavy (non-hydrogen) atoms. The minimum absolute atomic E-state index is 0.0647. The zero-order valence-electron chi connectivity index (χ0n) is 16.9. The maximum Gasteiger partial charge on any atom is 0.416 e. The Kier molecular flexibility index (Phi) is 4.77. The zero-order chi connectivity index (χ0) is 22.5. The van der Waals surface area contributed by atoms with Crippen LogP contribution in [0.25, 0.3) is 0 Å². The number of alkyl halides is 3. The summed E-state index contributed by atoms with van der Waals surface area (Å²) >= 11 is 0. The van der Waals surface area contributed by atoms with Crippen LogP contribution >= 0.6 is 0 Å². The highest BCUT2D eigenvalue weighted by Gasteiger charge is 2.46. The van der Waals surface area contributed by atoms with Crippen molar-refractivity contribution >= 4 is 17.5 Å². The summed E-state index contributed by atoms with van der Waals surface area (Å²) < 4.78 is 39.4. The third kappa shape index (κ3) is 3.34. The van der Waals surface area contributed by atoms with E-state index in [4.69, 9.17) is 0 Å². The first kappa shape index (κ1) is 20.3. The maximum absolute atomic E-state index is 13.5. The molecule has 0 aromatic heterocycles. The van der Waals surface area contributed by atoms with Gasteiger partial charge in [0.2, 0.25) is 5.91 Å². The van der Waals surface area contributed by atoms with Crippen LogP contribution in [0, 0.1) is 0 Å². The van der Waals surface area contributed by atoms with E-state index >= 15 is 0 Å². The second-order valence-corrected chi connectivity index (χ2v) is 8.02. The number of carbonyl (C=O) groups excluding carboxylic acids is 2. The van der Waals surface area contributed by atoms with E-state index in [-0.39, 0.29) is 11.6 Å².